The van der Waals surface area contributed by atoms with Crippen LogP contribution in [0.3, 0.4) is 0 Å². The number of aryl methyl sites for hydroxylation is 2. The molecular formula is C15H23NO2. The molecule has 0 aliphatic rings. The average molecular weight is 249 g/mol. The number of nitrogens with one attached hydrogen (secondary N) is 1. The maximum absolute atomic E-state index is 11.1. The Morgan fingerprint density at radius 3 is 2.61 bits per heavy atom. The van der Waals surface area contributed by atoms with Crippen LogP contribution in [-0.2, 0) is 14.9 Å². The fourth-order valence-electron chi connectivity index (χ4n) is 2.11. The highest BCUT2D eigenvalue weighted by atomic mass is 16.5. The molecular weight excluding hydrogens is 226 g/mol. The largest absolute Gasteiger partial charge is 0.468 e. The summed E-state index contributed by atoms with van der Waals surface area (Å²) >= 11 is 0. The molecule has 0 bridgehead atoms. The van der Waals surface area contributed by atoms with Gasteiger partial charge in [0.15, 0.2) is 0 Å². The Bertz CT molecular complexity index is 425. The van der Waals surface area contributed by atoms with Crippen molar-refractivity contribution in [3.8, 4) is 0 Å². The number of benzene rings is 1. The van der Waals surface area contributed by atoms with E-state index in [1.54, 1.807) is 0 Å². The van der Waals surface area contributed by atoms with Gasteiger partial charge in [-0.05, 0) is 25.0 Å². The minimum Gasteiger partial charge on any atom is -0.468 e. The van der Waals surface area contributed by atoms with Crippen molar-refractivity contribution in [3.05, 3.63) is 34.9 Å². The molecule has 0 spiro atoms. The lowest BCUT2D eigenvalue weighted by atomic mass is 9.81. The van der Waals surface area contributed by atoms with Crippen molar-refractivity contribution in [1.82, 2.24) is 5.32 Å². The van der Waals surface area contributed by atoms with E-state index in [2.05, 4.69) is 55.9 Å². The molecule has 0 atom stereocenters. The van der Waals surface area contributed by atoms with Gasteiger partial charge in [0.1, 0.15) is 0 Å². The predicted molar refractivity (Wildman–Crippen MR) is 73.8 cm³/mol. The van der Waals surface area contributed by atoms with Gasteiger partial charge in [-0.15, -0.1) is 0 Å². The van der Waals surface area contributed by atoms with E-state index in [9.17, 15) is 4.79 Å². The zero-order chi connectivity index (χ0) is 13.8. The van der Waals surface area contributed by atoms with Gasteiger partial charge in [0.25, 0.3) is 0 Å². The first-order chi connectivity index (χ1) is 8.36. The van der Waals surface area contributed by atoms with Gasteiger partial charge < -0.3 is 10.1 Å². The molecule has 3 nitrogen and oxygen atoms in total. The number of methoxy groups -OCH3 is 1. The Labute approximate surface area is 110 Å². The van der Waals surface area contributed by atoms with Gasteiger partial charge in [0, 0.05) is 12.0 Å². The summed E-state index contributed by atoms with van der Waals surface area (Å²) in [6.07, 6.45) is 0. The van der Waals surface area contributed by atoms with E-state index in [4.69, 9.17) is 0 Å². The summed E-state index contributed by atoms with van der Waals surface area (Å²) in [5.74, 6) is -0.230. The fourth-order valence-corrected chi connectivity index (χ4v) is 2.11. The van der Waals surface area contributed by atoms with E-state index in [0.29, 0.717) is 0 Å². The zero-order valence-electron chi connectivity index (χ0n) is 12.0. The van der Waals surface area contributed by atoms with Crippen LogP contribution in [0.15, 0.2) is 18.2 Å². The molecule has 0 unspecified atom stereocenters. The quantitative estimate of drug-likeness (QED) is 0.814. The van der Waals surface area contributed by atoms with Gasteiger partial charge in [-0.2, -0.15) is 0 Å². The Morgan fingerprint density at radius 1 is 1.33 bits per heavy atom. The molecule has 0 aliphatic carbocycles. The molecule has 0 aliphatic heterocycles. The molecule has 0 aromatic heterocycles. The second-order valence-electron chi connectivity index (χ2n) is 5.38. The van der Waals surface area contributed by atoms with Crippen LogP contribution in [0.25, 0.3) is 0 Å². The Balaban J connectivity index is 2.73. The third-order valence-electron chi connectivity index (χ3n) is 3.19. The summed E-state index contributed by atoms with van der Waals surface area (Å²) in [4.78, 5) is 11.1. The number of hydrogen-bond donors (Lipinski definition) is 1. The summed E-state index contributed by atoms with van der Waals surface area (Å²) < 4.78 is 4.61. The molecule has 1 aromatic carbocycles. The average Bonchev–Trinajstić information content (AvgIpc) is 2.31. The predicted octanol–water partition coefficient (Wildman–Crippen LogP) is 2.34. The second-order valence-corrected chi connectivity index (χ2v) is 5.38. The van der Waals surface area contributed by atoms with Gasteiger partial charge in [0.2, 0.25) is 0 Å². The minimum absolute atomic E-state index is 0.00980. The van der Waals surface area contributed by atoms with Crippen molar-refractivity contribution in [1.29, 1.82) is 0 Å². The lowest BCUT2D eigenvalue weighted by Crippen LogP contribution is -2.36. The van der Waals surface area contributed by atoms with E-state index in [1.807, 2.05) is 0 Å². The summed E-state index contributed by atoms with van der Waals surface area (Å²) in [7, 11) is 1.40. The van der Waals surface area contributed by atoms with Crippen LogP contribution >= 0.6 is 0 Å². The first-order valence-electron chi connectivity index (χ1n) is 6.22. The standard InChI is InChI=1S/C15H23NO2/c1-11-6-7-12(2)13(8-11)15(3,4)10-16-9-14(17)18-5/h6-8,16H,9-10H2,1-5H3. The summed E-state index contributed by atoms with van der Waals surface area (Å²) in [6.45, 7) is 9.58. The molecule has 18 heavy (non-hydrogen) atoms. The normalized spacial score (nSPS) is 11.4. The monoisotopic (exact) mass is 249 g/mol. The number of carbonyl (C=O) groups is 1. The molecule has 0 saturated carbocycles. The summed E-state index contributed by atoms with van der Waals surface area (Å²) in [6, 6.07) is 6.48. The SMILES string of the molecule is COC(=O)CNCC(C)(C)c1cc(C)ccc1C. The number of hydrogen-bond acceptors (Lipinski definition) is 3. The van der Waals surface area contributed by atoms with Crippen molar-refractivity contribution >= 4 is 5.97 Å². The highest BCUT2D eigenvalue weighted by Crippen LogP contribution is 2.26. The molecule has 0 heterocycles. The third-order valence-corrected chi connectivity index (χ3v) is 3.19. The van der Waals surface area contributed by atoms with Gasteiger partial charge in [-0.3, -0.25) is 4.79 Å². The van der Waals surface area contributed by atoms with Gasteiger partial charge in [-0.1, -0.05) is 37.6 Å². The van der Waals surface area contributed by atoms with Gasteiger partial charge in [0.05, 0.1) is 13.7 Å². The third kappa shape index (κ3) is 3.84. The number of rotatable bonds is 5. The van der Waals surface area contributed by atoms with Crippen LogP contribution < -0.4 is 5.32 Å². The molecule has 3 heteroatoms. The van der Waals surface area contributed by atoms with Crippen molar-refractivity contribution in [3.63, 3.8) is 0 Å². The van der Waals surface area contributed by atoms with Crippen LogP contribution in [0.4, 0.5) is 0 Å². The van der Waals surface area contributed by atoms with Gasteiger partial charge in [-0.25, -0.2) is 0 Å². The van der Waals surface area contributed by atoms with Crippen molar-refractivity contribution in [2.75, 3.05) is 20.2 Å². The van der Waals surface area contributed by atoms with E-state index in [1.165, 1.54) is 23.8 Å². The van der Waals surface area contributed by atoms with Crippen LogP contribution in [0.5, 0.6) is 0 Å². The van der Waals surface area contributed by atoms with Crippen molar-refractivity contribution in [2.45, 2.75) is 33.1 Å². The van der Waals surface area contributed by atoms with E-state index in [0.717, 1.165) is 6.54 Å². The minimum atomic E-state index is -0.230. The molecule has 100 valence electrons. The smallest absolute Gasteiger partial charge is 0.319 e. The fraction of sp³-hybridized carbons (Fsp3) is 0.533. The summed E-state index contributed by atoms with van der Waals surface area (Å²) in [5, 5.41) is 3.15. The maximum Gasteiger partial charge on any atom is 0.319 e. The summed E-state index contributed by atoms with van der Waals surface area (Å²) in [5.41, 5.74) is 3.85. The highest BCUT2D eigenvalue weighted by Gasteiger charge is 2.22. The van der Waals surface area contributed by atoms with Gasteiger partial charge >= 0.3 is 5.97 Å². The van der Waals surface area contributed by atoms with Crippen LogP contribution in [-0.4, -0.2) is 26.2 Å². The number of ether oxygens (including phenoxy) is 1. The topological polar surface area (TPSA) is 38.3 Å². The Kier molecular flexibility index (Phi) is 4.91. The van der Waals surface area contributed by atoms with Crippen LogP contribution in [0, 0.1) is 13.8 Å². The van der Waals surface area contributed by atoms with Crippen LogP contribution in [0.2, 0.25) is 0 Å². The molecule has 0 radical (unpaired) electrons. The first kappa shape index (κ1) is 14.7. The second kappa shape index (κ2) is 6.01. The van der Waals surface area contributed by atoms with Crippen LogP contribution in [0.1, 0.15) is 30.5 Å². The number of esters is 1. The molecule has 1 rings (SSSR count). The lowest BCUT2D eigenvalue weighted by molar-refractivity contribution is -0.139. The lowest BCUT2D eigenvalue weighted by Gasteiger charge is -2.28. The van der Waals surface area contributed by atoms with E-state index in [-0.39, 0.29) is 17.9 Å². The maximum atomic E-state index is 11.1. The molecule has 1 aromatic rings. The molecule has 0 saturated heterocycles. The van der Waals surface area contributed by atoms with Crippen molar-refractivity contribution < 1.29 is 9.53 Å². The first-order valence-corrected chi connectivity index (χ1v) is 6.22. The Morgan fingerprint density at radius 2 is 2.00 bits per heavy atom. The Hall–Kier alpha value is -1.35. The van der Waals surface area contributed by atoms with E-state index < -0.39 is 0 Å². The van der Waals surface area contributed by atoms with E-state index >= 15 is 0 Å². The number of carbonyl (C=O) groups excluding carboxylic acids is 1. The van der Waals surface area contributed by atoms with Crippen molar-refractivity contribution in [2.24, 2.45) is 0 Å². The molecule has 0 fully saturated rings. The zero-order valence-corrected chi connectivity index (χ0v) is 12.0. The highest BCUT2D eigenvalue weighted by molar-refractivity contribution is 5.71. The molecule has 0 amide bonds. The molecule has 1 N–H and O–H groups in total.